The minimum Gasteiger partial charge on any atom is -0.494 e. The van der Waals surface area contributed by atoms with Crippen molar-refractivity contribution in [3.8, 4) is 56.0 Å². The Hall–Kier alpha value is -9.28. The summed E-state index contributed by atoms with van der Waals surface area (Å²) in [4.78, 5) is 19.2. The standard InChI is InChI=1S/C74H74N8O2/c1-9-11-13-15-41-83-59-29-25-57(26-30-59)81-79-55-21-17-53(18-22-55)71-61-33-37-65(75-61)73(69-49(5)43-47(3)44-50(69)6)67-39-35-63(77-67)72(54-19-23-56(24-20-54)80-82-58-27-31-60(32-28-58)84-42-16-14-12-10-2)64-36-40-68(78-64)74(66-38-34-62(71)76-66)70-51(7)45-48(4)46-52(70)8/h17-40,43-46,75,78H,9-16,41-42H2,1-8H3. The number of benzene rings is 6. The number of nitrogens with zero attached hydrogens (tertiary/aromatic N) is 6. The first kappa shape index (κ1) is 56.6. The number of hydrogen-bond donors (Lipinski definition) is 2. The van der Waals surface area contributed by atoms with Crippen LogP contribution in [0.3, 0.4) is 0 Å². The van der Waals surface area contributed by atoms with Gasteiger partial charge in [0.25, 0.3) is 0 Å². The largest absolute Gasteiger partial charge is 0.494 e. The summed E-state index contributed by atoms with van der Waals surface area (Å²) in [5.41, 5.74) is 25.4. The van der Waals surface area contributed by atoms with E-state index in [4.69, 9.17) is 19.4 Å². The molecular weight excluding hydrogens is 1030 g/mol. The van der Waals surface area contributed by atoms with Crippen LogP contribution in [0.25, 0.3) is 90.9 Å². The lowest BCUT2D eigenvalue weighted by Crippen LogP contribution is -1.96. The topological polar surface area (TPSA) is 125 Å². The Morgan fingerprint density at radius 1 is 0.333 bits per heavy atom. The van der Waals surface area contributed by atoms with E-state index in [-0.39, 0.29) is 0 Å². The highest BCUT2D eigenvalue weighted by molar-refractivity contribution is 6.01. The third-order valence-electron chi connectivity index (χ3n) is 15.7. The highest BCUT2D eigenvalue weighted by Gasteiger charge is 2.22. The Morgan fingerprint density at radius 2 is 0.631 bits per heavy atom. The fourth-order valence-electron chi connectivity index (χ4n) is 11.8. The van der Waals surface area contributed by atoms with E-state index in [1.165, 1.54) is 71.9 Å². The molecule has 8 bridgehead atoms. The van der Waals surface area contributed by atoms with E-state index in [9.17, 15) is 0 Å². The van der Waals surface area contributed by atoms with Gasteiger partial charge in [0.2, 0.25) is 0 Å². The molecule has 3 aromatic heterocycles. The van der Waals surface area contributed by atoms with Crippen molar-refractivity contribution in [3.05, 3.63) is 202 Å². The van der Waals surface area contributed by atoms with Crippen LogP contribution in [0.2, 0.25) is 0 Å². The lowest BCUT2D eigenvalue weighted by atomic mass is 9.92. The summed E-state index contributed by atoms with van der Waals surface area (Å²) in [5.74, 6) is 1.69. The van der Waals surface area contributed by atoms with Crippen LogP contribution in [0.15, 0.2) is 166 Å². The molecule has 422 valence electrons. The molecule has 0 amide bonds. The number of nitrogens with one attached hydrogen (secondary N) is 2. The van der Waals surface area contributed by atoms with Gasteiger partial charge in [-0.25, -0.2) is 9.97 Å². The molecule has 84 heavy (non-hydrogen) atoms. The smallest absolute Gasteiger partial charge is 0.119 e. The van der Waals surface area contributed by atoms with E-state index >= 15 is 0 Å². The molecule has 10 heteroatoms. The molecular formula is C74H74N8O2. The van der Waals surface area contributed by atoms with Gasteiger partial charge in [0.15, 0.2) is 0 Å². The van der Waals surface area contributed by atoms with Crippen LogP contribution in [0.5, 0.6) is 11.5 Å². The molecule has 5 heterocycles. The fraction of sp³-hybridized carbons (Fsp3) is 0.243. The van der Waals surface area contributed by atoms with Crippen molar-refractivity contribution in [1.29, 1.82) is 0 Å². The quantitative estimate of drug-likeness (QED) is 0.0582. The SMILES string of the molecule is CCCCCCOc1ccc(N=Nc2ccc(-c3c4nc(c(-c5c(C)cc(C)cc5C)c5ccc([nH]5)c(-c5ccc(N=Nc6ccc(OCCCCCC)cc6)cc5)c5nc(c(-c6c(C)cc(C)cc6C)c6ccc3[nH]6)C=C5)C=C4)cc2)cc1. The Kier molecular flexibility index (Phi) is 17.4. The zero-order valence-electron chi connectivity index (χ0n) is 49.7. The second-order valence-electron chi connectivity index (χ2n) is 22.3. The van der Waals surface area contributed by atoms with E-state index in [0.29, 0.717) is 13.2 Å². The number of H-pyrrole nitrogens is 2. The number of aromatic amines is 2. The van der Waals surface area contributed by atoms with Gasteiger partial charge in [-0.15, -0.1) is 0 Å². The van der Waals surface area contributed by atoms with Crippen molar-refractivity contribution in [2.45, 2.75) is 107 Å². The molecule has 0 atom stereocenters. The summed E-state index contributed by atoms with van der Waals surface area (Å²) >= 11 is 0. The third kappa shape index (κ3) is 12.8. The van der Waals surface area contributed by atoms with Crippen molar-refractivity contribution in [2.75, 3.05) is 13.2 Å². The van der Waals surface area contributed by atoms with Gasteiger partial charge >= 0.3 is 0 Å². The van der Waals surface area contributed by atoms with Crippen molar-refractivity contribution >= 4 is 69.1 Å². The molecule has 10 nitrogen and oxygen atoms in total. The molecule has 0 fully saturated rings. The molecule has 2 aliphatic rings. The van der Waals surface area contributed by atoms with Gasteiger partial charge in [-0.05, 0) is 220 Å². The van der Waals surface area contributed by atoms with Gasteiger partial charge in [-0.3, -0.25) is 0 Å². The van der Waals surface area contributed by atoms with Crippen LogP contribution in [0.4, 0.5) is 22.7 Å². The second-order valence-corrected chi connectivity index (χ2v) is 22.3. The average Bonchev–Trinajstić information content (AvgIpc) is 2.47. The molecule has 0 aliphatic carbocycles. The number of hydrogen-bond acceptors (Lipinski definition) is 8. The van der Waals surface area contributed by atoms with Gasteiger partial charge in [0.1, 0.15) is 11.5 Å². The summed E-state index contributed by atoms with van der Waals surface area (Å²) in [5, 5.41) is 18.5. The second kappa shape index (κ2) is 25.9. The van der Waals surface area contributed by atoms with Crippen molar-refractivity contribution in [3.63, 3.8) is 0 Å². The van der Waals surface area contributed by atoms with Gasteiger partial charge in [-0.1, -0.05) is 112 Å². The van der Waals surface area contributed by atoms with Gasteiger partial charge in [0, 0.05) is 44.3 Å². The fourth-order valence-corrected chi connectivity index (χ4v) is 11.8. The first-order chi connectivity index (χ1) is 41.0. The number of ether oxygens (including phenoxy) is 2. The van der Waals surface area contributed by atoms with E-state index in [1.807, 2.05) is 72.8 Å². The molecule has 6 aromatic carbocycles. The van der Waals surface area contributed by atoms with Crippen LogP contribution in [0, 0.1) is 41.5 Å². The zero-order chi connectivity index (χ0) is 58.1. The number of rotatable bonds is 20. The first-order valence-corrected chi connectivity index (χ1v) is 29.8. The van der Waals surface area contributed by atoms with Crippen LogP contribution < -0.4 is 9.47 Å². The predicted octanol–water partition coefficient (Wildman–Crippen LogP) is 21.9. The highest BCUT2D eigenvalue weighted by atomic mass is 16.5. The van der Waals surface area contributed by atoms with E-state index < -0.39 is 0 Å². The van der Waals surface area contributed by atoms with Gasteiger partial charge < -0.3 is 19.4 Å². The maximum absolute atomic E-state index is 5.98. The average molecular weight is 1110 g/mol. The third-order valence-corrected chi connectivity index (χ3v) is 15.7. The number of unbranched alkanes of at least 4 members (excludes halogenated alkanes) is 6. The molecule has 0 spiro atoms. The maximum Gasteiger partial charge on any atom is 0.119 e. The van der Waals surface area contributed by atoms with Gasteiger partial charge in [-0.2, -0.15) is 20.5 Å². The molecule has 2 aliphatic heterocycles. The predicted molar refractivity (Wildman–Crippen MR) is 350 cm³/mol. The molecule has 0 radical (unpaired) electrons. The number of aromatic nitrogens is 4. The number of aryl methyl sites for hydroxylation is 6. The molecule has 0 unspecified atom stereocenters. The Bertz CT molecular complexity index is 3830. The van der Waals surface area contributed by atoms with Gasteiger partial charge in [0.05, 0.1) is 58.7 Å². The monoisotopic (exact) mass is 1110 g/mol. The zero-order valence-corrected chi connectivity index (χ0v) is 49.7. The molecule has 0 saturated heterocycles. The normalized spacial score (nSPS) is 12.1. The minimum atomic E-state index is 0.717. The van der Waals surface area contributed by atoms with Crippen LogP contribution in [0.1, 0.15) is 121 Å². The minimum absolute atomic E-state index is 0.717. The van der Waals surface area contributed by atoms with E-state index in [1.54, 1.807) is 0 Å². The lowest BCUT2D eigenvalue weighted by molar-refractivity contribution is 0.305. The Labute approximate surface area is 494 Å². The summed E-state index contributed by atoms with van der Waals surface area (Å²) in [6.07, 6.45) is 18.0. The van der Waals surface area contributed by atoms with Crippen LogP contribution >= 0.6 is 0 Å². The molecule has 11 rings (SSSR count). The Morgan fingerprint density at radius 3 is 0.952 bits per heavy atom. The Balaban J connectivity index is 1.05. The summed E-state index contributed by atoms with van der Waals surface area (Å²) < 4.78 is 12.0. The van der Waals surface area contributed by atoms with Crippen LogP contribution in [-0.4, -0.2) is 33.1 Å². The van der Waals surface area contributed by atoms with E-state index in [2.05, 4.69) is 183 Å². The van der Waals surface area contributed by atoms with Crippen molar-refractivity contribution in [1.82, 2.24) is 19.9 Å². The maximum atomic E-state index is 5.98. The number of fused-ring (bicyclic) bond motifs is 8. The summed E-state index contributed by atoms with van der Waals surface area (Å²) in [6, 6.07) is 50.0. The summed E-state index contributed by atoms with van der Waals surface area (Å²) in [7, 11) is 0. The lowest BCUT2D eigenvalue weighted by Gasteiger charge is -2.13. The van der Waals surface area contributed by atoms with Crippen molar-refractivity contribution in [2.24, 2.45) is 20.5 Å². The molecule has 9 aromatic rings. The van der Waals surface area contributed by atoms with E-state index in [0.717, 1.165) is 136 Å². The number of azo groups is 2. The molecule has 2 N–H and O–H groups in total. The summed E-state index contributed by atoms with van der Waals surface area (Å²) in [6.45, 7) is 19.0. The first-order valence-electron chi connectivity index (χ1n) is 29.8. The van der Waals surface area contributed by atoms with Crippen LogP contribution in [-0.2, 0) is 0 Å². The highest BCUT2D eigenvalue weighted by Crippen LogP contribution is 2.42. The van der Waals surface area contributed by atoms with Crippen molar-refractivity contribution < 1.29 is 9.47 Å². The molecule has 0 saturated carbocycles.